The first-order valence-corrected chi connectivity index (χ1v) is 6.52. The fraction of sp³-hybridized carbons (Fsp3) is 0.692. The summed E-state index contributed by atoms with van der Waals surface area (Å²) in [5.41, 5.74) is 1.46. The molecule has 0 amide bonds. The Labute approximate surface area is 108 Å². The predicted octanol–water partition coefficient (Wildman–Crippen LogP) is 1.34. The lowest BCUT2D eigenvalue weighted by molar-refractivity contribution is 0.0524. The second-order valence-electron chi connectivity index (χ2n) is 4.95. The second-order valence-corrected chi connectivity index (χ2v) is 4.95. The average Bonchev–Trinajstić information content (AvgIpc) is 2.90. The van der Waals surface area contributed by atoms with Crippen LogP contribution in [0.1, 0.15) is 36.3 Å². The second kappa shape index (κ2) is 5.52. The highest BCUT2D eigenvalue weighted by Crippen LogP contribution is 2.36. The van der Waals surface area contributed by atoms with Gasteiger partial charge in [-0.1, -0.05) is 6.92 Å². The third kappa shape index (κ3) is 2.90. The van der Waals surface area contributed by atoms with Gasteiger partial charge in [0.15, 0.2) is 0 Å². The number of hydrogen-bond donors (Lipinski definition) is 1. The molecule has 2 rings (SSSR count). The van der Waals surface area contributed by atoms with E-state index < -0.39 is 0 Å². The van der Waals surface area contributed by atoms with Crippen LogP contribution in [0.25, 0.3) is 0 Å². The van der Waals surface area contributed by atoms with Gasteiger partial charge in [-0.2, -0.15) is 5.10 Å². The number of esters is 1. The quantitative estimate of drug-likeness (QED) is 0.775. The highest BCUT2D eigenvalue weighted by molar-refractivity contribution is 5.90. The lowest BCUT2D eigenvalue weighted by Gasteiger charge is -2.07. The van der Waals surface area contributed by atoms with Crippen LogP contribution in [0, 0.1) is 11.8 Å². The minimum Gasteiger partial charge on any atom is -0.462 e. The lowest BCUT2D eigenvalue weighted by atomic mass is 10.2. The zero-order valence-corrected chi connectivity index (χ0v) is 11.3. The summed E-state index contributed by atoms with van der Waals surface area (Å²) in [6.07, 6.45) is 2.89. The van der Waals surface area contributed by atoms with Crippen LogP contribution in [0.5, 0.6) is 0 Å². The van der Waals surface area contributed by atoms with Crippen LogP contribution < -0.4 is 5.32 Å². The van der Waals surface area contributed by atoms with Gasteiger partial charge in [-0.25, -0.2) is 4.79 Å². The molecular weight excluding hydrogens is 230 g/mol. The molecule has 1 aromatic heterocycles. The molecule has 1 saturated carbocycles. The van der Waals surface area contributed by atoms with E-state index in [0.29, 0.717) is 18.7 Å². The summed E-state index contributed by atoms with van der Waals surface area (Å²) in [5.74, 6) is 1.35. The van der Waals surface area contributed by atoms with Gasteiger partial charge in [-0.3, -0.25) is 4.68 Å². The molecule has 2 unspecified atom stereocenters. The molecule has 0 radical (unpaired) electrons. The van der Waals surface area contributed by atoms with Crippen molar-refractivity contribution in [2.75, 3.05) is 13.2 Å². The van der Waals surface area contributed by atoms with Crippen LogP contribution >= 0.6 is 0 Å². The number of hydrogen-bond acceptors (Lipinski definition) is 4. The Bertz CT molecular complexity index is 428. The van der Waals surface area contributed by atoms with Crippen molar-refractivity contribution in [2.24, 2.45) is 18.9 Å². The van der Waals surface area contributed by atoms with Gasteiger partial charge < -0.3 is 10.1 Å². The third-order valence-electron chi connectivity index (χ3n) is 3.53. The first-order valence-electron chi connectivity index (χ1n) is 6.52. The van der Waals surface area contributed by atoms with Crippen molar-refractivity contribution in [2.45, 2.75) is 26.8 Å². The molecule has 0 spiro atoms. The van der Waals surface area contributed by atoms with Crippen molar-refractivity contribution in [1.82, 2.24) is 15.1 Å². The summed E-state index contributed by atoms with van der Waals surface area (Å²) in [7, 11) is 1.85. The van der Waals surface area contributed by atoms with Gasteiger partial charge in [0.25, 0.3) is 0 Å². The van der Waals surface area contributed by atoms with E-state index in [1.54, 1.807) is 17.8 Å². The normalized spacial score (nSPS) is 21.9. The van der Waals surface area contributed by atoms with Gasteiger partial charge in [-0.05, 0) is 31.7 Å². The van der Waals surface area contributed by atoms with Crippen LogP contribution in [-0.4, -0.2) is 28.9 Å². The molecule has 0 saturated heterocycles. The van der Waals surface area contributed by atoms with Crippen molar-refractivity contribution < 1.29 is 9.53 Å². The Morgan fingerprint density at radius 1 is 1.67 bits per heavy atom. The molecule has 100 valence electrons. The van der Waals surface area contributed by atoms with Crippen LogP contribution in [-0.2, 0) is 18.3 Å². The van der Waals surface area contributed by atoms with Gasteiger partial charge in [0, 0.05) is 13.6 Å². The lowest BCUT2D eigenvalue weighted by Crippen LogP contribution is -2.21. The van der Waals surface area contributed by atoms with E-state index in [-0.39, 0.29) is 5.97 Å². The summed E-state index contributed by atoms with van der Waals surface area (Å²) in [5, 5.41) is 7.51. The molecule has 2 atom stereocenters. The van der Waals surface area contributed by atoms with Crippen molar-refractivity contribution in [1.29, 1.82) is 0 Å². The molecule has 18 heavy (non-hydrogen) atoms. The van der Waals surface area contributed by atoms with Crippen LogP contribution in [0.15, 0.2) is 6.20 Å². The van der Waals surface area contributed by atoms with Gasteiger partial charge in [-0.15, -0.1) is 0 Å². The summed E-state index contributed by atoms with van der Waals surface area (Å²) in [6, 6.07) is 0. The number of carbonyl (C=O) groups excluding carboxylic acids is 1. The standard InChI is InChI=1S/C13H21N3O2/c1-4-18-13(17)11-7-15-16(3)12(11)8-14-6-10-5-9(10)2/h7,9-10,14H,4-6,8H2,1-3H3. The number of aryl methyl sites for hydroxylation is 1. The zero-order chi connectivity index (χ0) is 13.1. The summed E-state index contributed by atoms with van der Waals surface area (Å²) >= 11 is 0. The Balaban J connectivity index is 1.93. The third-order valence-corrected chi connectivity index (χ3v) is 3.53. The number of nitrogens with zero attached hydrogens (tertiary/aromatic N) is 2. The minimum atomic E-state index is -0.290. The molecule has 0 aliphatic heterocycles. The molecule has 5 heteroatoms. The van der Waals surface area contributed by atoms with E-state index >= 15 is 0 Å². The molecule has 0 bridgehead atoms. The van der Waals surface area contributed by atoms with Gasteiger partial charge >= 0.3 is 5.97 Å². The maximum Gasteiger partial charge on any atom is 0.341 e. The van der Waals surface area contributed by atoms with E-state index in [9.17, 15) is 4.79 Å². The number of ether oxygens (including phenoxy) is 1. The van der Waals surface area contributed by atoms with E-state index in [0.717, 1.165) is 24.1 Å². The van der Waals surface area contributed by atoms with E-state index in [1.807, 2.05) is 7.05 Å². The molecule has 1 aromatic rings. The smallest absolute Gasteiger partial charge is 0.341 e. The molecule has 1 aliphatic rings. The number of aromatic nitrogens is 2. The maximum atomic E-state index is 11.7. The zero-order valence-electron chi connectivity index (χ0n) is 11.3. The molecule has 5 nitrogen and oxygen atoms in total. The first kappa shape index (κ1) is 13.1. The summed E-state index contributed by atoms with van der Waals surface area (Å²) in [4.78, 5) is 11.7. The van der Waals surface area contributed by atoms with Crippen LogP contribution in [0.3, 0.4) is 0 Å². The predicted molar refractivity (Wildman–Crippen MR) is 68.1 cm³/mol. The van der Waals surface area contributed by atoms with Crippen molar-refractivity contribution in [3.8, 4) is 0 Å². The van der Waals surface area contributed by atoms with Crippen molar-refractivity contribution >= 4 is 5.97 Å². The Morgan fingerprint density at radius 2 is 2.39 bits per heavy atom. The minimum absolute atomic E-state index is 0.290. The fourth-order valence-corrected chi connectivity index (χ4v) is 2.11. The number of nitrogens with one attached hydrogen (secondary N) is 1. The van der Waals surface area contributed by atoms with Gasteiger partial charge in [0.1, 0.15) is 5.56 Å². The Hall–Kier alpha value is -1.36. The Kier molecular flexibility index (Phi) is 4.01. The van der Waals surface area contributed by atoms with E-state index in [4.69, 9.17) is 4.74 Å². The molecule has 1 heterocycles. The molecule has 0 aromatic carbocycles. The number of rotatable bonds is 6. The molecule has 1 fully saturated rings. The highest BCUT2D eigenvalue weighted by Gasteiger charge is 2.31. The van der Waals surface area contributed by atoms with Crippen LogP contribution in [0.4, 0.5) is 0 Å². The topological polar surface area (TPSA) is 56.1 Å². The monoisotopic (exact) mass is 251 g/mol. The van der Waals surface area contributed by atoms with E-state index in [1.165, 1.54) is 6.42 Å². The van der Waals surface area contributed by atoms with Crippen molar-refractivity contribution in [3.63, 3.8) is 0 Å². The first-order chi connectivity index (χ1) is 8.63. The average molecular weight is 251 g/mol. The number of carbonyl (C=O) groups is 1. The van der Waals surface area contributed by atoms with Crippen LogP contribution in [0.2, 0.25) is 0 Å². The molecular formula is C13H21N3O2. The van der Waals surface area contributed by atoms with E-state index in [2.05, 4.69) is 17.3 Å². The molecule has 1 aliphatic carbocycles. The maximum absolute atomic E-state index is 11.7. The largest absolute Gasteiger partial charge is 0.462 e. The Morgan fingerprint density at radius 3 is 3.00 bits per heavy atom. The molecule has 1 N–H and O–H groups in total. The SMILES string of the molecule is CCOC(=O)c1cnn(C)c1CNCC1CC1C. The summed E-state index contributed by atoms with van der Waals surface area (Å²) < 4.78 is 6.75. The van der Waals surface area contributed by atoms with Crippen molar-refractivity contribution in [3.05, 3.63) is 17.5 Å². The fourth-order valence-electron chi connectivity index (χ4n) is 2.11. The summed E-state index contributed by atoms with van der Waals surface area (Å²) in [6.45, 7) is 6.13. The highest BCUT2D eigenvalue weighted by atomic mass is 16.5. The van der Waals surface area contributed by atoms with Gasteiger partial charge in [0.2, 0.25) is 0 Å². The van der Waals surface area contributed by atoms with Gasteiger partial charge in [0.05, 0.1) is 18.5 Å².